The van der Waals surface area contributed by atoms with Gasteiger partial charge in [-0.2, -0.15) is 0 Å². The maximum atomic E-state index is 13.2. The minimum absolute atomic E-state index is 0.0603. The standard InChI is InChI=1S/C24H27NO5/c1-25-14-18(10-16-6-8-20(27-2)22(12-16)29-4)24(26)19(15-25)11-17-7-9-21(28-3)23(13-17)30-5/h6-13H,14-15H2,1-5H3/p+1. The van der Waals surface area contributed by atoms with E-state index in [2.05, 4.69) is 7.05 Å². The van der Waals surface area contributed by atoms with Crippen LogP contribution in [0.2, 0.25) is 0 Å². The Morgan fingerprint density at radius 2 is 1.10 bits per heavy atom. The molecule has 0 amide bonds. The first-order valence-electron chi connectivity index (χ1n) is 9.70. The minimum atomic E-state index is 0.0603. The summed E-state index contributed by atoms with van der Waals surface area (Å²) in [6.45, 7) is 1.33. The third kappa shape index (κ3) is 4.66. The number of hydrogen-bond donors (Lipinski definition) is 1. The summed E-state index contributed by atoms with van der Waals surface area (Å²) in [7, 11) is 8.48. The summed E-state index contributed by atoms with van der Waals surface area (Å²) in [5.41, 5.74) is 3.32. The van der Waals surface area contributed by atoms with Crippen LogP contribution in [-0.2, 0) is 4.79 Å². The lowest BCUT2D eigenvalue weighted by Crippen LogP contribution is -3.10. The van der Waals surface area contributed by atoms with Crippen molar-refractivity contribution in [2.45, 2.75) is 0 Å². The molecular formula is C24H28NO5+. The highest BCUT2D eigenvalue weighted by Crippen LogP contribution is 2.30. The van der Waals surface area contributed by atoms with E-state index in [-0.39, 0.29) is 5.78 Å². The van der Waals surface area contributed by atoms with E-state index in [0.29, 0.717) is 36.1 Å². The lowest BCUT2D eigenvalue weighted by Gasteiger charge is -2.23. The number of nitrogens with one attached hydrogen (secondary N) is 1. The Kier molecular flexibility index (Phi) is 6.79. The Morgan fingerprint density at radius 3 is 1.47 bits per heavy atom. The minimum Gasteiger partial charge on any atom is -0.493 e. The molecule has 1 N–H and O–H groups in total. The Hall–Kier alpha value is -3.25. The van der Waals surface area contributed by atoms with Gasteiger partial charge in [-0.15, -0.1) is 0 Å². The van der Waals surface area contributed by atoms with Crippen LogP contribution in [0.4, 0.5) is 0 Å². The summed E-state index contributed by atoms with van der Waals surface area (Å²) in [4.78, 5) is 14.4. The van der Waals surface area contributed by atoms with Gasteiger partial charge in [-0.25, -0.2) is 0 Å². The molecule has 2 aromatic carbocycles. The van der Waals surface area contributed by atoms with Crippen LogP contribution < -0.4 is 23.8 Å². The fourth-order valence-electron chi connectivity index (χ4n) is 3.60. The van der Waals surface area contributed by atoms with Crippen LogP contribution in [0.15, 0.2) is 47.5 Å². The van der Waals surface area contributed by atoms with Crippen molar-refractivity contribution in [1.29, 1.82) is 0 Å². The number of quaternary nitrogens is 1. The monoisotopic (exact) mass is 410 g/mol. The van der Waals surface area contributed by atoms with Crippen molar-refractivity contribution in [2.24, 2.45) is 0 Å². The Balaban J connectivity index is 1.93. The molecule has 0 spiro atoms. The number of Topliss-reactive ketones (excluding diaryl/α,β-unsaturated/α-hetero) is 1. The van der Waals surface area contributed by atoms with Gasteiger partial charge in [0.15, 0.2) is 28.8 Å². The molecule has 6 heteroatoms. The number of carbonyl (C=O) groups is 1. The van der Waals surface area contributed by atoms with Gasteiger partial charge >= 0.3 is 0 Å². The molecular weight excluding hydrogens is 382 g/mol. The molecule has 1 aliphatic heterocycles. The number of likely N-dealkylation sites (N-methyl/N-ethyl adjacent to an activating group) is 1. The first kappa shape index (κ1) is 21.5. The molecule has 6 nitrogen and oxygen atoms in total. The van der Waals surface area contributed by atoms with Crippen LogP contribution in [0, 0.1) is 0 Å². The number of piperidine rings is 1. The zero-order valence-corrected chi connectivity index (χ0v) is 18.1. The molecule has 1 aliphatic rings. The van der Waals surface area contributed by atoms with Crippen molar-refractivity contribution < 1.29 is 28.6 Å². The van der Waals surface area contributed by atoms with Crippen LogP contribution in [0.3, 0.4) is 0 Å². The maximum absolute atomic E-state index is 13.2. The van der Waals surface area contributed by atoms with E-state index in [9.17, 15) is 4.79 Å². The van der Waals surface area contributed by atoms with E-state index in [1.165, 1.54) is 4.90 Å². The number of methoxy groups -OCH3 is 4. The number of hydrogen-bond acceptors (Lipinski definition) is 5. The molecule has 1 saturated heterocycles. The van der Waals surface area contributed by atoms with Crippen LogP contribution in [0.1, 0.15) is 11.1 Å². The first-order chi connectivity index (χ1) is 14.5. The van der Waals surface area contributed by atoms with Gasteiger partial charge in [0.2, 0.25) is 0 Å². The molecule has 3 rings (SSSR count). The number of likely N-dealkylation sites (tertiary alicyclic amines) is 1. The summed E-state index contributed by atoms with van der Waals surface area (Å²) in [5, 5.41) is 0. The number of rotatable bonds is 6. The third-order valence-corrected chi connectivity index (χ3v) is 5.06. The first-order valence-corrected chi connectivity index (χ1v) is 9.70. The van der Waals surface area contributed by atoms with E-state index >= 15 is 0 Å². The summed E-state index contributed by atoms with van der Waals surface area (Å²) < 4.78 is 21.3. The molecule has 0 bridgehead atoms. The second-order valence-corrected chi connectivity index (χ2v) is 7.21. The zero-order valence-electron chi connectivity index (χ0n) is 18.1. The van der Waals surface area contributed by atoms with Gasteiger partial charge < -0.3 is 23.8 Å². The van der Waals surface area contributed by atoms with E-state index in [1.807, 2.05) is 48.6 Å². The second kappa shape index (κ2) is 9.50. The van der Waals surface area contributed by atoms with E-state index in [1.54, 1.807) is 28.4 Å². The van der Waals surface area contributed by atoms with Crippen molar-refractivity contribution in [3.05, 3.63) is 58.7 Å². The van der Waals surface area contributed by atoms with Gasteiger partial charge in [0.1, 0.15) is 13.1 Å². The smallest absolute Gasteiger partial charge is 0.196 e. The Bertz CT molecular complexity index is 916. The summed E-state index contributed by atoms with van der Waals surface area (Å²) in [6.07, 6.45) is 3.85. The molecule has 0 aliphatic carbocycles. The predicted octanol–water partition coefficient (Wildman–Crippen LogP) is 2.29. The van der Waals surface area contributed by atoms with Crippen LogP contribution in [0.25, 0.3) is 12.2 Å². The van der Waals surface area contributed by atoms with Gasteiger partial charge in [0, 0.05) is 0 Å². The molecule has 0 saturated carbocycles. The van der Waals surface area contributed by atoms with E-state index < -0.39 is 0 Å². The van der Waals surface area contributed by atoms with Crippen molar-refractivity contribution in [1.82, 2.24) is 0 Å². The molecule has 0 aromatic heterocycles. The average Bonchev–Trinajstić information content (AvgIpc) is 2.76. The van der Waals surface area contributed by atoms with Gasteiger partial charge in [-0.1, -0.05) is 12.1 Å². The summed E-state index contributed by atoms with van der Waals surface area (Å²) in [5.74, 6) is 2.65. The molecule has 1 fully saturated rings. The average molecular weight is 410 g/mol. The van der Waals surface area contributed by atoms with Crippen LogP contribution in [-0.4, -0.2) is 54.4 Å². The molecule has 30 heavy (non-hydrogen) atoms. The maximum Gasteiger partial charge on any atom is 0.196 e. The normalized spacial score (nSPS) is 19.1. The van der Waals surface area contributed by atoms with Gasteiger partial charge in [0.25, 0.3) is 0 Å². The molecule has 1 heterocycles. The number of carbonyl (C=O) groups excluding carboxylic acids is 1. The molecule has 2 aromatic rings. The Labute approximate surface area is 177 Å². The highest BCUT2D eigenvalue weighted by atomic mass is 16.5. The number of ketones is 1. The topological polar surface area (TPSA) is 58.4 Å². The van der Waals surface area contributed by atoms with Crippen molar-refractivity contribution in [3.63, 3.8) is 0 Å². The molecule has 0 unspecified atom stereocenters. The highest BCUT2D eigenvalue weighted by Gasteiger charge is 2.27. The van der Waals surface area contributed by atoms with Crippen molar-refractivity contribution in [2.75, 3.05) is 48.6 Å². The van der Waals surface area contributed by atoms with Crippen molar-refractivity contribution >= 4 is 17.9 Å². The quantitative estimate of drug-likeness (QED) is 0.741. The molecule has 0 radical (unpaired) electrons. The SMILES string of the molecule is COc1ccc(C=C2C[NH+](C)CC(=Cc3ccc(OC)c(OC)c3)C2=O)cc1OC. The van der Waals surface area contributed by atoms with Crippen molar-refractivity contribution in [3.8, 4) is 23.0 Å². The predicted molar refractivity (Wildman–Crippen MR) is 117 cm³/mol. The second-order valence-electron chi connectivity index (χ2n) is 7.21. The third-order valence-electron chi connectivity index (χ3n) is 5.06. The lowest BCUT2D eigenvalue weighted by atomic mass is 9.94. The number of ether oxygens (including phenoxy) is 4. The van der Waals surface area contributed by atoms with E-state index in [4.69, 9.17) is 18.9 Å². The van der Waals surface area contributed by atoms with Gasteiger partial charge in [-0.3, -0.25) is 4.79 Å². The van der Waals surface area contributed by atoms with Crippen LogP contribution >= 0.6 is 0 Å². The number of benzene rings is 2. The van der Waals surface area contributed by atoms with Gasteiger partial charge in [-0.05, 0) is 47.5 Å². The van der Waals surface area contributed by atoms with Crippen LogP contribution in [0.5, 0.6) is 23.0 Å². The molecule has 0 atom stereocenters. The summed E-state index contributed by atoms with van der Waals surface area (Å²) in [6, 6.07) is 11.3. The fourth-order valence-corrected chi connectivity index (χ4v) is 3.60. The fraction of sp³-hybridized carbons (Fsp3) is 0.292. The zero-order chi connectivity index (χ0) is 21.7. The summed E-state index contributed by atoms with van der Waals surface area (Å²) >= 11 is 0. The highest BCUT2D eigenvalue weighted by molar-refractivity contribution is 6.14. The largest absolute Gasteiger partial charge is 0.493 e. The Morgan fingerprint density at radius 1 is 0.700 bits per heavy atom. The van der Waals surface area contributed by atoms with E-state index in [0.717, 1.165) is 22.3 Å². The van der Waals surface area contributed by atoms with Gasteiger partial charge in [0.05, 0.1) is 46.6 Å². The molecule has 158 valence electrons. The lowest BCUT2D eigenvalue weighted by molar-refractivity contribution is -0.870.